The van der Waals surface area contributed by atoms with E-state index in [-0.39, 0.29) is 0 Å². The van der Waals surface area contributed by atoms with Crippen LogP contribution in [0.2, 0.25) is 0 Å². The van der Waals surface area contributed by atoms with Gasteiger partial charge in [-0.25, -0.2) is 4.98 Å². The molecule has 2 heterocycles. The zero-order valence-electron chi connectivity index (χ0n) is 12.8. The van der Waals surface area contributed by atoms with Crippen LogP contribution in [0.15, 0.2) is 40.2 Å². The summed E-state index contributed by atoms with van der Waals surface area (Å²) in [4.78, 5) is 8.58. The molecule has 0 radical (unpaired) electrons. The van der Waals surface area contributed by atoms with Crippen LogP contribution in [0.1, 0.15) is 25.4 Å². The van der Waals surface area contributed by atoms with Gasteiger partial charge in [0.25, 0.3) is 0 Å². The Morgan fingerprint density at radius 2 is 2.19 bits per heavy atom. The Kier molecular flexibility index (Phi) is 5.43. The summed E-state index contributed by atoms with van der Waals surface area (Å²) in [5.41, 5.74) is 0. The molecule has 0 unspecified atom stereocenters. The Balaban J connectivity index is 1.84. The van der Waals surface area contributed by atoms with Gasteiger partial charge in [0, 0.05) is 26.0 Å². The highest BCUT2D eigenvalue weighted by Gasteiger charge is 2.06. The third-order valence-electron chi connectivity index (χ3n) is 3.01. The first-order valence-electron chi connectivity index (χ1n) is 7.16. The SMILES string of the molecule is CN=C(NCc1ccco1)NCc1nccn1CC(C)C. The van der Waals surface area contributed by atoms with Gasteiger partial charge in [-0.15, -0.1) is 0 Å². The first-order chi connectivity index (χ1) is 10.2. The van der Waals surface area contributed by atoms with E-state index in [0.717, 1.165) is 24.1 Å². The van der Waals surface area contributed by atoms with E-state index in [1.54, 1.807) is 13.3 Å². The van der Waals surface area contributed by atoms with Gasteiger partial charge in [-0.05, 0) is 18.1 Å². The van der Waals surface area contributed by atoms with E-state index in [0.29, 0.717) is 19.0 Å². The molecular weight excluding hydrogens is 266 g/mol. The fraction of sp³-hybridized carbons (Fsp3) is 0.467. The van der Waals surface area contributed by atoms with Crippen molar-refractivity contribution in [2.45, 2.75) is 33.5 Å². The van der Waals surface area contributed by atoms with Gasteiger partial charge in [0.2, 0.25) is 0 Å². The van der Waals surface area contributed by atoms with Crippen molar-refractivity contribution in [1.29, 1.82) is 0 Å². The molecule has 2 aromatic rings. The van der Waals surface area contributed by atoms with Crippen LogP contribution in [-0.2, 0) is 19.6 Å². The monoisotopic (exact) mass is 289 g/mol. The summed E-state index contributed by atoms with van der Waals surface area (Å²) in [6.45, 7) is 6.60. The van der Waals surface area contributed by atoms with E-state index in [9.17, 15) is 0 Å². The molecule has 0 fully saturated rings. The van der Waals surface area contributed by atoms with E-state index < -0.39 is 0 Å². The maximum Gasteiger partial charge on any atom is 0.191 e. The van der Waals surface area contributed by atoms with Crippen LogP contribution < -0.4 is 10.6 Å². The van der Waals surface area contributed by atoms with Crippen molar-refractivity contribution in [3.8, 4) is 0 Å². The molecule has 0 bridgehead atoms. The molecule has 0 atom stereocenters. The molecule has 2 N–H and O–H groups in total. The van der Waals surface area contributed by atoms with Gasteiger partial charge in [-0.2, -0.15) is 0 Å². The minimum Gasteiger partial charge on any atom is -0.467 e. The van der Waals surface area contributed by atoms with Crippen molar-refractivity contribution in [3.63, 3.8) is 0 Å². The van der Waals surface area contributed by atoms with Crippen LogP contribution in [-0.4, -0.2) is 22.6 Å². The van der Waals surface area contributed by atoms with Crippen LogP contribution in [0.25, 0.3) is 0 Å². The average Bonchev–Trinajstić information content (AvgIpc) is 3.10. The molecule has 0 aliphatic heterocycles. The predicted molar refractivity (Wildman–Crippen MR) is 82.8 cm³/mol. The Hall–Kier alpha value is -2.24. The van der Waals surface area contributed by atoms with E-state index in [4.69, 9.17) is 4.42 Å². The predicted octanol–water partition coefficient (Wildman–Crippen LogP) is 2.00. The fourth-order valence-electron chi connectivity index (χ4n) is 2.03. The summed E-state index contributed by atoms with van der Waals surface area (Å²) in [5, 5.41) is 6.46. The maximum atomic E-state index is 5.28. The van der Waals surface area contributed by atoms with E-state index in [1.807, 2.05) is 24.5 Å². The van der Waals surface area contributed by atoms with Crippen molar-refractivity contribution >= 4 is 5.96 Å². The molecule has 2 aromatic heterocycles. The lowest BCUT2D eigenvalue weighted by Crippen LogP contribution is -2.37. The van der Waals surface area contributed by atoms with Crippen LogP contribution >= 0.6 is 0 Å². The second-order valence-corrected chi connectivity index (χ2v) is 5.25. The number of imidazole rings is 1. The van der Waals surface area contributed by atoms with Crippen molar-refractivity contribution in [2.75, 3.05) is 7.05 Å². The highest BCUT2D eigenvalue weighted by atomic mass is 16.3. The van der Waals surface area contributed by atoms with Crippen LogP contribution in [0.4, 0.5) is 0 Å². The highest BCUT2D eigenvalue weighted by Crippen LogP contribution is 2.03. The Morgan fingerprint density at radius 1 is 1.38 bits per heavy atom. The van der Waals surface area contributed by atoms with Gasteiger partial charge in [-0.1, -0.05) is 13.8 Å². The third-order valence-corrected chi connectivity index (χ3v) is 3.01. The van der Waals surface area contributed by atoms with Crippen LogP contribution in [0, 0.1) is 5.92 Å². The highest BCUT2D eigenvalue weighted by molar-refractivity contribution is 5.79. The minimum absolute atomic E-state index is 0.592. The number of nitrogens with zero attached hydrogens (tertiary/aromatic N) is 3. The third kappa shape index (κ3) is 4.66. The fourth-order valence-corrected chi connectivity index (χ4v) is 2.03. The summed E-state index contributed by atoms with van der Waals surface area (Å²) in [5.74, 6) is 3.20. The number of rotatable bonds is 6. The number of nitrogens with one attached hydrogen (secondary N) is 2. The quantitative estimate of drug-likeness (QED) is 0.630. The maximum absolute atomic E-state index is 5.28. The summed E-state index contributed by atoms with van der Waals surface area (Å²) < 4.78 is 7.44. The van der Waals surface area contributed by atoms with Crippen LogP contribution in [0.3, 0.4) is 0 Å². The molecule has 0 saturated heterocycles. The number of furan rings is 1. The molecule has 6 heteroatoms. The second-order valence-electron chi connectivity index (χ2n) is 5.25. The molecule has 0 aliphatic rings. The molecule has 21 heavy (non-hydrogen) atoms. The molecule has 114 valence electrons. The number of guanidine groups is 1. The number of hydrogen-bond donors (Lipinski definition) is 2. The normalized spacial score (nSPS) is 11.9. The van der Waals surface area contributed by atoms with Gasteiger partial charge in [0.05, 0.1) is 19.4 Å². The van der Waals surface area contributed by atoms with Gasteiger partial charge in [0.1, 0.15) is 11.6 Å². The summed E-state index contributed by atoms with van der Waals surface area (Å²) >= 11 is 0. The van der Waals surface area contributed by atoms with Crippen molar-refractivity contribution in [3.05, 3.63) is 42.4 Å². The lowest BCUT2D eigenvalue weighted by atomic mass is 10.2. The molecule has 0 aliphatic carbocycles. The number of aliphatic imine (C=N–C) groups is 1. The summed E-state index contributed by atoms with van der Waals surface area (Å²) in [6.07, 6.45) is 5.50. The Bertz CT molecular complexity index is 556. The molecule has 0 saturated carbocycles. The first-order valence-corrected chi connectivity index (χ1v) is 7.16. The zero-order valence-corrected chi connectivity index (χ0v) is 12.8. The van der Waals surface area contributed by atoms with Gasteiger partial charge in [-0.3, -0.25) is 4.99 Å². The molecular formula is C15H23N5O. The van der Waals surface area contributed by atoms with Crippen LogP contribution in [0.5, 0.6) is 0 Å². The van der Waals surface area contributed by atoms with E-state index >= 15 is 0 Å². The zero-order chi connectivity index (χ0) is 15.1. The molecule has 0 amide bonds. The van der Waals surface area contributed by atoms with Gasteiger partial charge < -0.3 is 19.6 Å². The second kappa shape index (κ2) is 7.52. The molecule has 0 spiro atoms. The topological polar surface area (TPSA) is 67.4 Å². The molecule has 6 nitrogen and oxygen atoms in total. The standard InChI is InChI=1S/C15H23N5O/c1-12(2)11-20-7-6-17-14(20)10-19-15(16-3)18-9-13-5-4-8-21-13/h4-8,12H,9-11H2,1-3H3,(H2,16,18,19). The van der Waals surface area contributed by atoms with E-state index in [2.05, 4.69) is 39.0 Å². The van der Waals surface area contributed by atoms with Gasteiger partial charge >= 0.3 is 0 Å². The number of aromatic nitrogens is 2. The van der Waals surface area contributed by atoms with Crippen molar-refractivity contribution in [2.24, 2.45) is 10.9 Å². The minimum atomic E-state index is 0.592. The Morgan fingerprint density at radius 3 is 2.86 bits per heavy atom. The lowest BCUT2D eigenvalue weighted by Gasteiger charge is -2.13. The summed E-state index contributed by atoms with van der Waals surface area (Å²) in [6, 6.07) is 3.80. The van der Waals surface area contributed by atoms with Gasteiger partial charge in [0.15, 0.2) is 5.96 Å². The smallest absolute Gasteiger partial charge is 0.191 e. The largest absolute Gasteiger partial charge is 0.467 e. The first kappa shape index (κ1) is 15.2. The molecule has 0 aromatic carbocycles. The van der Waals surface area contributed by atoms with Crippen molar-refractivity contribution < 1.29 is 4.42 Å². The summed E-state index contributed by atoms with van der Waals surface area (Å²) in [7, 11) is 1.75. The van der Waals surface area contributed by atoms with E-state index in [1.165, 1.54) is 0 Å². The van der Waals surface area contributed by atoms with Crippen molar-refractivity contribution in [1.82, 2.24) is 20.2 Å². The number of hydrogen-bond acceptors (Lipinski definition) is 3. The Labute approximate surface area is 125 Å². The molecule has 2 rings (SSSR count). The average molecular weight is 289 g/mol. The lowest BCUT2D eigenvalue weighted by molar-refractivity contribution is 0.497.